The highest BCUT2D eigenvalue weighted by molar-refractivity contribution is 7.09. The second kappa shape index (κ2) is 8.99. The molecule has 1 aromatic carbocycles. The van der Waals surface area contributed by atoms with Gasteiger partial charge < -0.3 is 15.0 Å². The van der Waals surface area contributed by atoms with Crippen LogP contribution in [0.25, 0.3) is 0 Å². The number of rotatable bonds is 6. The molecule has 0 saturated carbocycles. The molecule has 1 saturated heterocycles. The minimum atomic E-state index is -0.0750. The Balaban J connectivity index is 1.60. The smallest absolute Gasteiger partial charge is 0.227 e. The van der Waals surface area contributed by atoms with E-state index in [-0.39, 0.29) is 23.8 Å². The average molecular weight is 388 g/mol. The second-order valence-electron chi connectivity index (χ2n) is 6.76. The standard InChI is InChI=1S/C20H25N3O3S/c1-14(24)22-19(20-21-9-12-27-20)15-7-10-23(11-8-15)18(25)13-16-5-3-4-6-17(16)26-2/h3-6,9,12,15,19H,7-8,10-11,13H2,1-2H3,(H,22,24). The molecular weight excluding hydrogens is 362 g/mol. The fourth-order valence-electron chi connectivity index (χ4n) is 3.59. The van der Waals surface area contributed by atoms with Crippen LogP contribution in [0.5, 0.6) is 5.75 Å². The van der Waals surface area contributed by atoms with Gasteiger partial charge in [-0.1, -0.05) is 18.2 Å². The highest BCUT2D eigenvalue weighted by Crippen LogP contribution is 2.32. The number of carbonyl (C=O) groups excluding carboxylic acids is 2. The number of aromatic nitrogens is 1. The van der Waals surface area contributed by atoms with E-state index in [9.17, 15) is 9.59 Å². The Morgan fingerprint density at radius 3 is 2.70 bits per heavy atom. The third-order valence-corrected chi connectivity index (χ3v) is 5.83. The molecule has 2 aromatic rings. The molecule has 3 rings (SSSR count). The lowest BCUT2D eigenvalue weighted by molar-refractivity contribution is -0.132. The first-order valence-electron chi connectivity index (χ1n) is 9.14. The third-order valence-electron chi connectivity index (χ3n) is 4.97. The maximum Gasteiger partial charge on any atom is 0.227 e. The van der Waals surface area contributed by atoms with Gasteiger partial charge in [0.1, 0.15) is 10.8 Å². The number of ether oxygens (including phenoxy) is 1. The first kappa shape index (κ1) is 19.4. The monoisotopic (exact) mass is 387 g/mol. The van der Waals surface area contributed by atoms with Crippen molar-refractivity contribution in [2.75, 3.05) is 20.2 Å². The van der Waals surface area contributed by atoms with Gasteiger partial charge in [0, 0.05) is 37.2 Å². The zero-order valence-corrected chi connectivity index (χ0v) is 16.5. The van der Waals surface area contributed by atoms with Crippen molar-refractivity contribution in [3.05, 3.63) is 46.4 Å². The highest BCUT2D eigenvalue weighted by atomic mass is 32.1. The number of hydrogen-bond donors (Lipinski definition) is 1. The molecule has 2 amide bonds. The Kier molecular flexibility index (Phi) is 6.45. The zero-order chi connectivity index (χ0) is 19.2. The molecule has 1 aliphatic heterocycles. The molecule has 7 heteroatoms. The van der Waals surface area contributed by atoms with Gasteiger partial charge in [-0.3, -0.25) is 9.59 Å². The maximum absolute atomic E-state index is 12.7. The normalized spacial score (nSPS) is 16.0. The van der Waals surface area contributed by atoms with E-state index in [1.165, 1.54) is 6.92 Å². The molecule has 2 heterocycles. The molecule has 1 aromatic heterocycles. The van der Waals surface area contributed by atoms with Crippen LogP contribution >= 0.6 is 11.3 Å². The molecule has 1 N–H and O–H groups in total. The summed E-state index contributed by atoms with van der Waals surface area (Å²) in [5, 5.41) is 5.90. The summed E-state index contributed by atoms with van der Waals surface area (Å²) in [5.74, 6) is 1.10. The fourth-order valence-corrected chi connectivity index (χ4v) is 4.38. The summed E-state index contributed by atoms with van der Waals surface area (Å²) in [6.07, 6.45) is 3.81. The number of amides is 2. The van der Waals surface area contributed by atoms with Gasteiger partial charge in [-0.05, 0) is 24.8 Å². The predicted octanol–water partition coefficient (Wildman–Crippen LogP) is 2.81. The van der Waals surface area contributed by atoms with E-state index in [0.29, 0.717) is 19.5 Å². The number of thiazole rings is 1. The molecule has 144 valence electrons. The van der Waals surface area contributed by atoms with Crippen LogP contribution in [0.4, 0.5) is 0 Å². The molecule has 0 radical (unpaired) electrons. The van der Waals surface area contributed by atoms with Crippen molar-refractivity contribution in [3.63, 3.8) is 0 Å². The Hall–Kier alpha value is -2.41. The van der Waals surface area contributed by atoms with Gasteiger partial charge in [-0.15, -0.1) is 11.3 Å². The number of nitrogens with one attached hydrogen (secondary N) is 1. The first-order chi connectivity index (χ1) is 13.1. The van der Waals surface area contributed by atoms with E-state index in [1.54, 1.807) is 24.6 Å². The summed E-state index contributed by atoms with van der Waals surface area (Å²) in [7, 11) is 1.62. The fraction of sp³-hybridized carbons (Fsp3) is 0.450. The Morgan fingerprint density at radius 2 is 2.07 bits per heavy atom. The number of methoxy groups -OCH3 is 1. The van der Waals surface area contributed by atoms with E-state index in [1.807, 2.05) is 34.5 Å². The second-order valence-corrected chi connectivity index (χ2v) is 7.68. The quantitative estimate of drug-likeness (QED) is 0.827. The van der Waals surface area contributed by atoms with Gasteiger partial charge >= 0.3 is 0 Å². The van der Waals surface area contributed by atoms with Crippen molar-refractivity contribution in [1.82, 2.24) is 15.2 Å². The Morgan fingerprint density at radius 1 is 1.33 bits per heavy atom. The summed E-state index contributed by atoms with van der Waals surface area (Å²) in [5.41, 5.74) is 0.908. The molecule has 1 aliphatic rings. The van der Waals surface area contributed by atoms with E-state index in [2.05, 4.69) is 10.3 Å². The van der Waals surface area contributed by atoms with Crippen LogP contribution in [0, 0.1) is 5.92 Å². The van der Waals surface area contributed by atoms with Crippen LogP contribution in [-0.4, -0.2) is 41.9 Å². The van der Waals surface area contributed by atoms with Crippen LogP contribution in [-0.2, 0) is 16.0 Å². The number of benzene rings is 1. The number of carbonyl (C=O) groups is 2. The van der Waals surface area contributed by atoms with E-state index in [4.69, 9.17) is 4.74 Å². The number of likely N-dealkylation sites (tertiary alicyclic amines) is 1. The SMILES string of the molecule is COc1ccccc1CC(=O)N1CCC(C(NC(C)=O)c2nccs2)CC1. The van der Waals surface area contributed by atoms with Crippen molar-refractivity contribution in [2.24, 2.45) is 5.92 Å². The molecule has 6 nitrogen and oxygen atoms in total. The van der Waals surface area contributed by atoms with Crippen LogP contribution in [0.3, 0.4) is 0 Å². The molecule has 27 heavy (non-hydrogen) atoms. The van der Waals surface area contributed by atoms with E-state index < -0.39 is 0 Å². The average Bonchev–Trinajstić information content (AvgIpc) is 3.21. The molecule has 1 atom stereocenters. The minimum Gasteiger partial charge on any atom is -0.496 e. The third kappa shape index (κ3) is 4.86. The Labute approximate surface area is 163 Å². The summed E-state index contributed by atoms with van der Waals surface area (Å²) in [4.78, 5) is 30.6. The summed E-state index contributed by atoms with van der Waals surface area (Å²) >= 11 is 1.56. The topological polar surface area (TPSA) is 71.5 Å². The summed E-state index contributed by atoms with van der Waals surface area (Å²) < 4.78 is 5.34. The molecule has 1 fully saturated rings. The van der Waals surface area contributed by atoms with Crippen LogP contribution in [0.2, 0.25) is 0 Å². The van der Waals surface area contributed by atoms with Gasteiger partial charge in [-0.2, -0.15) is 0 Å². The predicted molar refractivity (Wildman–Crippen MR) is 105 cm³/mol. The Bertz CT molecular complexity index is 771. The van der Waals surface area contributed by atoms with Crippen molar-refractivity contribution >= 4 is 23.2 Å². The molecule has 0 bridgehead atoms. The van der Waals surface area contributed by atoms with Crippen LogP contribution in [0.15, 0.2) is 35.8 Å². The van der Waals surface area contributed by atoms with Crippen molar-refractivity contribution in [2.45, 2.75) is 32.2 Å². The van der Waals surface area contributed by atoms with E-state index in [0.717, 1.165) is 29.2 Å². The largest absolute Gasteiger partial charge is 0.496 e. The number of hydrogen-bond acceptors (Lipinski definition) is 5. The van der Waals surface area contributed by atoms with Gasteiger partial charge in [0.25, 0.3) is 0 Å². The molecular formula is C20H25N3O3S. The van der Waals surface area contributed by atoms with Gasteiger partial charge in [-0.25, -0.2) is 4.98 Å². The minimum absolute atomic E-state index is 0.0510. The summed E-state index contributed by atoms with van der Waals surface area (Å²) in [6.45, 7) is 2.92. The van der Waals surface area contributed by atoms with Crippen molar-refractivity contribution in [3.8, 4) is 5.75 Å². The van der Waals surface area contributed by atoms with Gasteiger partial charge in [0.05, 0.1) is 19.6 Å². The molecule has 1 unspecified atom stereocenters. The zero-order valence-electron chi connectivity index (χ0n) is 15.7. The maximum atomic E-state index is 12.7. The lowest BCUT2D eigenvalue weighted by Gasteiger charge is -2.35. The number of para-hydroxylation sites is 1. The lowest BCUT2D eigenvalue weighted by Crippen LogP contribution is -2.43. The number of nitrogens with zero attached hydrogens (tertiary/aromatic N) is 2. The van der Waals surface area contributed by atoms with Crippen molar-refractivity contribution < 1.29 is 14.3 Å². The first-order valence-corrected chi connectivity index (χ1v) is 10.0. The number of piperidine rings is 1. The van der Waals surface area contributed by atoms with Crippen molar-refractivity contribution in [1.29, 1.82) is 0 Å². The highest BCUT2D eigenvalue weighted by Gasteiger charge is 2.31. The van der Waals surface area contributed by atoms with Gasteiger partial charge in [0.2, 0.25) is 11.8 Å². The molecule has 0 aliphatic carbocycles. The van der Waals surface area contributed by atoms with Gasteiger partial charge in [0.15, 0.2) is 0 Å². The lowest BCUT2D eigenvalue weighted by atomic mass is 9.89. The summed E-state index contributed by atoms with van der Waals surface area (Å²) in [6, 6.07) is 7.55. The van der Waals surface area contributed by atoms with Crippen LogP contribution in [0.1, 0.15) is 36.4 Å². The molecule has 0 spiro atoms. The van der Waals surface area contributed by atoms with Crippen LogP contribution < -0.4 is 10.1 Å². The van der Waals surface area contributed by atoms with E-state index >= 15 is 0 Å².